The van der Waals surface area contributed by atoms with Crippen LogP contribution in [0.25, 0.3) is 0 Å². The summed E-state index contributed by atoms with van der Waals surface area (Å²) in [5, 5.41) is 0. The molecule has 0 fully saturated rings. The van der Waals surface area contributed by atoms with Gasteiger partial charge in [-0.25, -0.2) is 9.97 Å². The van der Waals surface area contributed by atoms with Gasteiger partial charge in [-0.3, -0.25) is 4.79 Å². The van der Waals surface area contributed by atoms with Gasteiger partial charge in [-0.2, -0.15) is 4.57 Å². The molecule has 5 nitrogen and oxygen atoms in total. The van der Waals surface area contributed by atoms with Crippen molar-refractivity contribution in [2.75, 3.05) is 0 Å². The third-order valence-corrected chi connectivity index (χ3v) is 1.32. The van der Waals surface area contributed by atoms with Crippen LogP contribution < -0.4 is 4.98 Å². The maximum atomic E-state index is 9.81. The first-order chi connectivity index (χ1) is 6.33. The van der Waals surface area contributed by atoms with Crippen molar-refractivity contribution in [3.63, 3.8) is 0 Å². The van der Waals surface area contributed by atoms with Gasteiger partial charge in [0.1, 0.15) is 12.4 Å². The second kappa shape index (κ2) is 4.87. The molecule has 68 valence electrons. The molecule has 2 heterocycles. The third-order valence-electron chi connectivity index (χ3n) is 1.32. The molecule has 0 aliphatic rings. The van der Waals surface area contributed by atoms with E-state index in [1.807, 2.05) is 17.8 Å². The number of rotatable bonds is 1. The molecule has 0 bridgehead atoms. The lowest BCUT2D eigenvalue weighted by Gasteiger charge is -1.76. The third kappa shape index (κ3) is 3.33. The normalized spacial score (nSPS) is 8.69. The van der Waals surface area contributed by atoms with Crippen LogP contribution in [0.3, 0.4) is 0 Å². The topological polar surface area (TPSA) is 54.0 Å². The van der Waals surface area contributed by atoms with E-state index >= 15 is 0 Å². The van der Waals surface area contributed by atoms with Crippen LogP contribution in [0.5, 0.6) is 0 Å². The Balaban J connectivity index is 0.000000132. The largest absolute Gasteiger partial charge is 0.341 e. The first-order valence-electron chi connectivity index (χ1n) is 3.73. The fourth-order valence-electron chi connectivity index (χ4n) is 0.693. The van der Waals surface area contributed by atoms with Crippen molar-refractivity contribution in [3.8, 4) is 0 Å². The van der Waals surface area contributed by atoms with Gasteiger partial charge < -0.3 is 4.57 Å². The van der Waals surface area contributed by atoms with E-state index in [0.717, 1.165) is 6.41 Å². The minimum absolute atomic E-state index is 0.719. The summed E-state index contributed by atoms with van der Waals surface area (Å²) < 4.78 is 3.28. The number of aromatic amines is 1. The molecule has 0 saturated heterocycles. The molecule has 0 atom stereocenters. The summed E-state index contributed by atoms with van der Waals surface area (Å²) in [5.41, 5.74) is 0. The number of imidazole rings is 2. The number of aryl methyl sites for hydroxylation is 1. The number of nitrogens with zero attached hydrogens (tertiary/aromatic N) is 3. The van der Waals surface area contributed by atoms with E-state index in [0.29, 0.717) is 0 Å². The van der Waals surface area contributed by atoms with E-state index in [1.54, 1.807) is 31.2 Å². The summed E-state index contributed by atoms with van der Waals surface area (Å²) in [5.74, 6) is 0. The Bertz CT molecular complexity index is 325. The lowest BCUT2D eigenvalue weighted by molar-refractivity contribution is -0.376. The molecule has 13 heavy (non-hydrogen) atoms. The van der Waals surface area contributed by atoms with Crippen LogP contribution >= 0.6 is 0 Å². The first-order valence-corrected chi connectivity index (χ1v) is 3.73. The molecular weight excluding hydrogens is 168 g/mol. The van der Waals surface area contributed by atoms with Crippen molar-refractivity contribution < 1.29 is 9.78 Å². The highest BCUT2D eigenvalue weighted by molar-refractivity contribution is 5.50. The van der Waals surface area contributed by atoms with Crippen LogP contribution in [-0.4, -0.2) is 20.5 Å². The number of H-pyrrole nitrogens is 1. The maximum Gasteiger partial charge on any atom is 0.301 e. The van der Waals surface area contributed by atoms with E-state index in [2.05, 4.69) is 9.97 Å². The molecule has 2 aromatic rings. The molecule has 5 heteroatoms. The molecule has 0 radical (unpaired) electrons. The number of nitrogens with one attached hydrogen (secondary N) is 1. The van der Waals surface area contributed by atoms with Crippen molar-refractivity contribution >= 4 is 6.41 Å². The molecule has 2 rings (SSSR count). The highest BCUT2D eigenvalue weighted by Crippen LogP contribution is 1.73. The SMILES string of the molecule is Cn1ccnc1.O=Cn1cc[nH+]c1. The van der Waals surface area contributed by atoms with Crippen LogP contribution in [0.15, 0.2) is 37.4 Å². The van der Waals surface area contributed by atoms with Crippen LogP contribution in [-0.2, 0) is 11.8 Å². The first kappa shape index (κ1) is 9.18. The monoisotopic (exact) mass is 179 g/mol. The molecule has 2 aromatic heterocycles. The molecule has 0 aliphatic heterocycles. The molecule has 0 amide bonds. The van der Waals surface area contributed by atoms with Gasteiger partial charge in [-0.15, -0.1) is 0 Å². The molecular formula is C8H11N4O+. The predicted octanol–water partition coefficient (Wildman–Crippen LogP) is -0.239. The average Bonchev–Trinajstić information content (AvgIpc) is 2.76. The molecule has 0 saturated carbocycles. The van der Waals surface area contributed by atoms with Gasteiger partial charge in [0, 0.05) is 19.4 Å². The Morgan fingerprint density at radius 1 is 1.46 bits per heavy atom. The van der Waals surface area contributed by atoms with Crippen LogP contribution in [0.1, 0.15) is 0 Å². The number of hydrogen-bond acceptors (Lipinski definition) is 2. The Kier molecular flexibility index (Phi) is 3.44. The quantitative estimate of drug-likeness (QED) is 0.567. The van der Waals surface area contributed by atoms with Crippen molar-refractivity contribution in [3.05, 3.63) is 37.4 Å². The van der Waals surface area contributed by atoms with Gasteiger partial charge >= 0.3 is 6.41 Å². The smallest absolute Gasteiger partial charge is 0.301 e. The van der Waals surface area contributed by atoms with Crippen LogP contribution in [0.2, 0.25) is 0 Å². The second-order valence-corrected chi connectivity index (χ2v) is 2.39. The van der Waals surface area contributed by atoms with Gasteiger partial charge in [0.2, 0.25) is 6.33 Å². The number of carbonyl (C=O) groups excluding carboxylic acids is 1. The van der Waals surface area contributed by atoms with Gasteiger partial charge in [0.05, 0.1) is 6.33 Å². The molecule has 0 unspecified atom stereocenters. The van der Waals surface area contributed by atoms with Crippen molar-refractivity contribution in [2.24, 2.45) is 7.05 Å². The Morgan fingerprint density at radius 3 is 2.54 bits per heavy atom. The summed E-state index contributed by atoms with van der Waals surface area (Å²) in [6, 6.07) is 0. The summed E-state index contributed by atoms with van der Waals surface area (Å²) in [4.78, 5) is 16.3. The Labute approximate surface area is 75.7 Å². The van der Waals surface area contributed by atoms with E-state index in [-0.39, 0.29) is 0 Å². The van der Waals surface area contributed by atoms with E-state index in [1.165, 1.54) is 4.57 Å². The lowest BCUT2D eigenvalue weighted by atomic mass is 10.9. The minimum atomic E-state index is 0.719. The summed E-state index contributed by atoms with van der Waals surface area (Å²) in [7, 11) is 1.94. The van der Waals surface area contributed by atoms with E-state index in [9.17, 15) is 4.79 Å². The van der Waals surface area contributed by atoms with Gasteiger partial charge in [0.25, 0.3) is 0 Å². The zero-order chi connectivity index (χ0) is 9.52. The number of hydrogen-bond donors (Lipinski definition) is 0. The van der Waals surface area contributed by atoms with Crippen LogP contribution in [0, 0.1) is 0 Å². The lowest BCUT2D eigenvalue weighted by Crippen LogP contribution is -1.95. The minimum Gasteiger partial charge on any atom is -0.341 e. The standard InChI is InChI=1S/C4H4N2O.C4H6N2/c7-4-6-2-1-5-3-6;1-6-3-2-5-4-6/h1-4H;2-4H,1H3/p+1. The number of aromatic nitrogens is 4. The Morgan fingerprint density at radius 2 is 2.31 bits per heavy atom. The number of carbonyl (C=O) groups is 1. The molecule has 0 aliphatic carbocycles. The van der Waals surface area contributed by atoms with Crippen LogP contribution in [0.4, 0.5) is 0 Å². The van der Waals surface area contributed by atoms with Gasteiger partial charge in [-0.1, -0.05) is 0 Å². The summed E-state index contributed by atoms with van der Waals surface area (Å²) >= 11 is 0. The van der Waals surface area contributed by atoms with Crippen molar-refractivity contribution in [2.45, 2.75) is 0 Å². The average molecular weight is 179 g/mol. The van der Waals surface area contributed by atoms with E-state index in [4.69, 9.17) is 0 Å². The van der Waals surface area contributed by atoms with Gasteiger partial charge in [-0.05, 0) is 0 Å². The summed E-state index contributed by atoms with van der Waals surface area (Å²) in [6.07, 6.45) is 11.0. The zero-order valence-corrected chi connectivity index (χ0v) is 7.29. The fourth-order valence-corrected chi connectivity index (χ4v) is 0.693. The molecule has 0 aromatic carbocycles. The van der Waals surface area contributed by atoms with E-state index < -0.39 is 0 Å². The van der Waals surface area contributed by atoms with Crippen molar-refractivity contribution in [1.82, 2.24) is 14.1 Å². The Hall–Kier alpha value is -1.91. The maximum absolute atomic E-state index is 9.81. The predicted molar refractivity (Wildman–Crippen MR) is 46.3 cm³/mol. The van der Waals surface area contributed by atoms with Gasteiger partial charge in [0.15, 0.2) is 0 Å². The second-order valence-electron chi connectivity index (χ2n) is 2.39. The highest BCUT2D eigenvalue weighted by Gasteiger charge is 1.86. The highest BCUT2D eigenvalue weighted by atomic mass is 16.1. The molecule has 0 spiro atoms. The van der Waals surface area contributed by atoms with Crippen molar-refractivity contribution in [1.29, 1.82) is 0 Å². The fraction of sp³-hybridized carbons (Fsp3) is 0.125. The summed E-state index contributed by atoms with van der Waals surface area (Å²) in [6.45, 7) is 0. The zero-order valence-electron chi connectivity index (χ0n) is 7.29. The molecule has 1 N–H and O–H groups in total.